The Morgan fingerprint density at radius 3 is 2.41 bits per heavy atom. The number of benzene rings is 1. The zero-order valence-corrected chi connectivity index (χ0v) is 11.0. The zero-order valence-electron chi connectivity index (χ0n) is 9.53. The zero-order chi connectivity index (χ0) is 12.3. The van der Waals surface area contributed by atoms with Crippen LogP contribution in [0.1, 0.15) is 18.2 Å². The molecule has 17 heavy (non-hydrogen) atoms. The van der Waals surface area contributed by atoms with Crippen LogP contribution in [0.5, 0.6) is 0 Å². The highest BCUT2D eigenvalue weighted by atomic mass is 35.5. The summed E-state index contributed by atoms with van der Waals surface area (Å²) < 4.78 is 1.82. The molecule has 0 aliphatic rings. The first-order chi connectivity index (χ1) is 8.17. The van der Waals surface area contributed by atoms with E-state index in [0.717, 1.165) is 30.6 Å². The van der Waals surface area contributed by atoms with Gasteiger partial charge in [-0.2, -0.15) is 0 Å². The van der Waals surface area contributed by atoms with Crippen molar-refractivity contribution < 1.29 is 0 Å². The molecule has 0 aliphatic carbocycles. The van der Waals surface area contributed by atoms with E-state index in [9.17, 15) is 0 Å². The number of hydrogen-bond donors (Lipinski definition) is 0. The SMILES string of the molecule is CCn1cc(CCc2cc(Cl)cc(Cl)c2)nn1. The Balaban J connectivity index is 2.01. The summed E-state index contributed by atoms with van der Waals surface area (Å²) >= 11 is 11.9. The Kier molecular flexibility index (Phi) is 4.02. The lowest BCUT2D eigenvalue weighted by Crippen LogP contribution is -1.93. The third-order valence-electron chi connectivity index (χ3n) is 2.50. The number of halogens is 2. The van der Waals surface area contributed by atoms with Gasteiger partial charge < -0.3 is 0 Å². The molecule has 0 atom stereocenters. The van der Waals surface area contributed by atoms with Gasteiger partial charge in [0.15, 0.2) is 0 Å². The quantitative estimate of drug-likeness (QED) is 0.852. The van der Waals surface area contributed by atoms with E-state index < -0.39 is 0 Å². The topological polar surface area (TPSA) is 30.7 Å². The summed E-state index contributed by atoms with van der Waals surface area (Å²) in [7, 11) is 0. The monoisotopic (exact) mass is 269 g/mol. The van der Waals surface area contributed by atoms with E-state index in [1.165, 1.54) is 0 Å². The van der Waals surface area contributed by atoms with Crippen molar-refractivity contribution in [3.63, 3.8) is 0 Å². The first kappa shape index (κ1) is 12.4. The van der Waals surface area contributed by atoms with Crippen LogP contribution in [-0.4, -0.2) is 15.0 Å². The Bertz CT molecular complexity index is 488. The molecule has 2 aromatic rings. The maximum Gasteiger partial charge on any atom is 0.0830 e. The minimum absolute atomic E-state index is 0.671. The van der Waals surface area contributed by atoms with Crippen LogP contribution in [0.25, 0.3) is 0 Å². The molecule has 0 aliphatic heterocycles. The molecule has 0 saturated carbocycles. The molecular formula is C12H13Cl2N3. The number of aryl methyl sites for hydroxylation is 3. The molecule has 3 nitrogen and oxygen atoms in total. The highest BCUT2D eigenvalue weighted by molar-refractivity contribution is 6.34. The minimum Gasteiger partial charge on any atom is -0.253 e. The summed E-state index contributed by atoms with van der Waals surface area (Å²) in [6.07, 6.45) is 3.67. The van der Waals surface area contributed by atoms with E-state index in [4.69, 9.17) is 23.2 Å². The first-order valence-electron chi connectivity index (χ1n) is 5.51. The second-order valence-corrected chi connectivity index (χ2v) is 4.72. The van der Waals surface area contributed by atoms with E-state index in [-0.39, 0.29) is 0 Å². The van der Waals surface area contributed by atoms with Gasteiger partial charge >= 0.3 is 0 Å². The summed E-state index contributed by atoms with van der Waals surface area (Å²) in [4.78, 5) is 0. The van der Waals surface area contributed by atoms with E-state index in [1.54, 1.807) is 6.07 Å². The summed E-state index contributed by atoms with van der Waals surface area (Å²) in [5, 5.41) is 9.43. The maximum atomic E-state index is 5.94. The number of rotatable bonds is 4. The van der Waals surface area contributed by atoms with Crippen molar-refractivity contribution in [2.45, 2.75) is 26.3 Å². The van der Waals surface area contributed by atoms with Gasteiger partial charge in [0.05, 0.1) is 5.69 Å². The van der Waals surface area contributed by atoms with Crippen LogP contribution in [0.4, 0.5) is 0 Å². The van der Waals surface area contributed by atoms with Gasteiger partial charge in [0.25, 0.3) is 0 Å². The molecule has 1 aromatic carbocycles. The first-order valence-corrected chi connectivity index (χ1v) is 6.27. The Morgan fingerprint density at radius 1 is 1.12 bits per heavy atom. The molecule has 0 bridgehead atoms. The average molecular weight is 270 g/mol. The second kappa shape index (κ2) is 5.52. The minimum atomic E-state index is 0.671. The van der Waals surface area contributed by atoms with Crippen molar-refractivity contribution in [1.29, 1.82) is 0 Å². The van der Waals surface area contributed by atoms with Crippen LogP contribution in [0, 0.1) is 0 Å². The Morgan fingerprint density at radius 2 is 1.82 bits per heavy atom. The van der Waals surface area contributed by atoms with Crippen LogP contribution in [-0.2, 0) is 19.4 Å². The van der Waals surface area contributed by atoms with Crippen LogP contribution in [0.2, 0.25) is 10.0 Å². The molecule has 1 aromatic heterocycles. The average Bonchev–Trinajstić information content (AvgIpc) is 2.73. The third kappa shape index (κ3) is 3.45. The lowest BCUT2D eigenvalue weighted by molar-refractivity contribution is 0.626. The van der Waals surface area contributed by atoms with Crippen molar-refractivity contribution in [2.75, 3.05) is 0 Å². The lowest BCUT2D eigenvalue weighted by atomic mass is 10.1. The van der Waals surface area contributed by atoms with E-state index in [0.29, 0.717) is 10.0 Å². The molecule has 5 heteroatoms. The van der Waals surface area contributed by atoms with Gasteiger partial charge in [-0.05, 0) is 43.5 Å². The van der Waals surface area contributed by atoms with Crippen LogP contribution >= 0.6 is 23.2 Å². The van der Waals surface area contributed by atoms with Gasteiger partial charge in [0.1, 0.15) is 0 Å². The van der Waals surface area contributed by atoms with Gasteiger partial charge in [-0.15, -0.1) is 5.10 Å². The molecular weight excluding hydrogens is 257 g/mol. The molecule has 0 N–H and O–H groups in total. The lowest BCUT2D eigenvalue weighted by Gasteiger charge is -2.01. The normalized spacial score (nSPS) is 10.8. The van der Waals surface area contributed by atoms with Crippen LogP contribution in [0.15, 0.2) is 24.4 Å². The van der Waals surface area contributed by atoms with Gasteiger partial charge in [-0.25, -0.2) is 0 Å². The standard InChI is InChI=1S/C12H13Cl2N3/c1-2-17-8-12(15-16-17)4-3-9-5-10(13)7-11(14)6-9/h5-8H,2-4H2,1H3. The van der Waals surface area contributed by atoms with Gasteiger partial charge in [-0.3, -0.25) is 4.68 Å². The molecule has 1 heterocycles. The molecule has 0 amide bonds. The molecule has 0 saturated heterocycles. The molecule has 0 spiro atoms. The van der Waals surface area contributed by atoms with Crippen molar-refractivity contribution in [1.82, 2.24) is 15.0 Å². The van der Waals surface area contributed by atoms with Gasteiger partial charge in [0, 0.05) is 22.8 Å². The number of aromatic nitrogens is 3. The summed E-state index contributed by atoms with van der Waals surface area (Å²) in [6, 6.07) is 5.59. The fraction of sp³-hybridized carbons (Fsp3) is 0.333. The fourth-order valence-corrected chi connectivity index (χ4v) is 2.21. The van der Waals surface area contributed by atoms with Gasteiger partial charge in [0.2, 0.25) is 0 Å². The van der Waals surface area contributed by atoms with E-state index >= 15 is 0 Å². The van der Waals surface area contributed by atoms with Crippen molar-refractivity contribution in [3.05, 3.63) is 45.7 Å². The molecule has 90 valence electrons. The molecule has 2 rings (SSSR count). The predicted octanol–water partition coefficient (Wildman–Crippen LogP) is 3.39. The van der Waals surface area contributed by atoms with Crippen LogP contribution in [0.3, 0.4) is 0 Å². The maximum absolute atomic E-state index is 5.94. The molecule has 0 fully saturated rings. The molecule has 0 unspecified atom stereocenters. The Hall–Kier alpha value is -1.06. The predicted molar refractivity (Wildman–Crippen MR) is 69.6 cm³/mol. The fourth-order valence-electron chi connectivity index (χ4n) is 1.64. The summed E-state index contributed by atoms with van der Waals surface area (Å²) in [6.45, 7) is 2.88. The largest absolute Gasteiger partial charge is 0.253 e. The van der Waals surface area contributed by atoms with E-state index in [1.807, 2.05) is 29.9 Å². The third-order valence-corrected chi connectivity index (χ3v) is 2.94. The van der Waals surface area contributed by atoms with Crippen molar-refractivity contribution >= 4 is 23.2 Å². The summed E-state index contributed by atoms with van der Waals surface area (Å²) in [5.41, 5.74) is 2.11. The highest BCUT2D eigenvalue weighted by Gasteiger charge is 2.02. The van der Waals surface area contributed by atoms with Crippen LogP contribution < -0.4 is 0 Å². The van der Waals surface area contributed by atoms with Crippen molar-refractivity contribution in [2.24, 2.45) is 0 Å². The smallest absolute Gasteiger partial charge is 0.0830 e. The second-order valence-electron chi connectivity index (χ2n) is 3.84. The summed E-state index contributed by atoms with van der Waals surface area (Å²) in [5.74, 6) is 0. The molecule has 0 radical (unpaired) electrons. The van der Waals surface area contributed by atoms with Gasteiger partial charge in [-0.1, -0.05) is 28.4 Å². The van der Waals surface area contributed by atoms with E-state index in [2.05, 4.69) is 10.3 Å². The van der Waals surface area contributed by atoms with Crippen molar-refractivity contribution in [3.8, 4) is 0 Å². The Labute approximate surface area is 110 Å². The highest BCUT2D eigenvalue weighted by Crippen LogP contribution is 2.20. The number of nitrogens with zero attached hydrogens (tertiary/aromatic N) is 3. The number of hydrogen-bond acceptors (Lipinski definition) is 2.